The predicted molar refractivity (Wildman–Crippen MR) is 111 cm³/mol. The molecule has 28 heavy (non-hydrogen) atoms. The first-order valence-corrected chi connectivity index (χ1v) is 11.0. The van der Waals surface area contributed by atoms with E-state index in [2.05, 4.69) is 18.7 Å². The minimum Gasteiger partial charge on any atom is -0.493 e. The molecule has 1 unspecified atom stereocenters. The Balaban J connectivity index is 1.88. The fourth-order valence-electron chi connectivity index (χ4n) is 4.77. The van der Waals surface area contributed by atoms with E-state index in [0.717, 1.165) is 31.5 Å². The van der Waals surface area contributed by atoms with E-state index in [-0.39, 0.29) is 31.1 Å². The molecule has 0 radical (unpaired) electrons. The highest BCUT2D eigenvalue weighted by molar-refractivity contribution is 6.18. The van der Waals surface area contributed by atoms with Crippen molar-refractivity contribution in [2.75, 3.05) is 32.2 Å². The maximum absolute atomic E-state index is 11.3. The maximum atomic E-state index is 11.3. The summed E-state index contributed by atoms with van der Waals surface area (Å²) in [5, 5.41) is 30.1. The number of halogens is 1. The van der Waals surface area contributed by atoms with Gasteiger partial charge >= 0.3 is 0 Å². The van der Waals surface area contributed by atoms with Gasteiger partial charge in [0.05, 0.1) is 24.7 Å². The van der Waals surface area contributed by atoms with E-state index in [9.17, 15) is 10.2 Å². The van der Waals surface area contributed by atoms with E-state index >= 15 is 0 Å². The summed E-state index contributed by atoms with van der Waals surface area (Å²) in [5.41, 5.74) is 2.29. The van der Waals surface area contributed by atoms with Crippen molar-refractivity contribution in [1.82, 2.24) is 4.90 Å². The van der Waals surface area contributed by atoms with Gasteiger partial charge in [0.15, 0.2) is 0 Å². The van der Waals surface area contributed by atoms with Crippen LogP contribution in [0.1, 0.15) is 55.8 Å². The summed E-state index contributed by atoms with van der Waals surface area (Å²) >= 11 is 6.26. The van der Waals surface area contributed by atoms with Crippen LogP contribution in [-0.4, -0.2) is 58.0 Å². The molecule has 0 aromatic heterocycles. The number of benzene rings is 1. The second-order valence-electron chi connectivity index (χ2n) is 8.77. The third kappa shape index (κ3) is 4.49. The zero-order valence-corrected chi connectivity index (χ0v) is 17.8. The Morgan fingerprint density at radius 1 is 1.32 bits per heavy atom. The first kappa shape index (κ1) is 21.8. The number of aliphatic hydroxyl groups excluding tert-OH is 2. The van der Waals surface area contributed by atoms with Gasteiger partial charge in [-0.25, -0.2) is 0 Å². The van der Waals surface area contributed by atoms with E-state index in [1.54, 1.807) is 0 Å². The van der Waals surface area contributed by atoms with Gasteiger partial charge in [-0.2, -0.15) is 0 Å². The second-order valence-corrected chi connectivity index (χ2v) is 9.04. The highest BCUT2D eigenvalue weighted by Gasteiger charge is 2.47. The van der Waals surface area contributed by atoms with Crippen LogP contribution in [0.2, 0.25) is 0 Å². The summed E-state index contributed by atoms with van der Waals surface area (Å²) in [7, 11) is 0. The van der Waals surface area contributed by atoms with E-state index < -0.39 is 5.60 Å². The second kappa shape index (κ2) is 9.31. The van der Waals surface area contributed by atoms with E-state index in [1.165, 1.54) is 11.1 Å². The molecular formula is C22H34ClNO4. The molecule has 0 amide bonds. The van der Waals surface area contributed by atoms with Crippen LogP contribution in [0.15, 0.2) is 12.1 Å². The van der Waals surface area contributed by atoms with Gasteiger partial charge in [0, 0.05) is 43.6 Å². The lowest BCUT2D eigenvalue weighted by Gasteiger charge is -2.51. The van der Waals surface area contributed by atoms with Crippen molar-refractivity contribution in [3.63, 3.8) is 0 Å². The van der Waals surface area contributed by atoms with Crippen molar-refractivity contribution in [3.8, 4) is 5.75 Å². The molecule has 0 spiro atoms. The molecule has 3 N–H and O–H groups in total. The number of rotatable bonds is 8. The zero-order valence-electron chi connectivity index (χ0n) is 17.0. The average molecular weight is 412 g/mol. The molecule has 6 heteroatoms. The van der Waals surface area contributed by atoms with E-state index in [0.29, 0.717) is 31.1 Å². The number of aliphatic hydroxyl groups is 3. The van der Waals surface area contributed by atoms with Gasteiger partial charge in [0.2, 0.25) is 0 Å². The fraction of sp³-hybridized carbons (Fsp3) is 0.727. The Kier molecular flexibility index (Phi) is 7.26. The third-order valence-electron chi connectivity index (χ3n) is 6.27. The average Bonchev–Trinajstić information content (AvgIpc) is 2.68. The quantitative estimate of drug-likeness (QED) is 0.453. The van der Waals surface area contributed by atoms with Gasteiger partial charge in [0.25, 0.3) is 0 Å². The zero-order chi connectivity index (χ0) is 20.3. The summed E-state index contributed by atoms with van der Waals surface area (Å²) in [6, 6.07) is 4.20. The lowest BCUT2D eigenvalue weighted by molar-refractivity contribution is -0.0885. The summed E-state index contributed by atoms with van der Waals surface area (Å²) in [4.78, 5) is 2.48. The molecule has 0 saturated carbocycles. The molecule has 2 heterocycles. The highest BCUT2D eigenvalue weighted by atomic mass is 35.5. The molecule has 1 fully saturated rings. The number of ether oxygens (including phenoxy) is 1. The highest BCUT2D eigenvalue weighted by Crippen LogP contribution is 2.46. The summed E-state index contributed by atoms with van der Waals surface area (Å²) < 4.78 is 5.79. The monoisotopic (exact) mass is 411 g/mol. The Morgan fingerprint density at radius 2 is 2.11 bits per heavy atom. The minimum absolute atomic E-state index is 0.0883. The third-order valence-corrected chi connectivity index (χ3v) is 6.73. The molecule has 2 aliphatic heterocycles. The van der Waals surface area contributed by atoms with Gasteiger partial charge in [-0.05, 0) is 48.4 Å². The molecule has 0 aliphatic carbocycles. The van der Waals surface area contributed by atoms with E-state index in [4.69, 9.17) is 21.4 Å². The van der Waals surface area contributed by atoms with Crippen LogP contribution >= 0.6 is 11.6 Å². The van der Waals surface area contributed by atoms with Crippen LogP contribution in [0.25, 0.3) is 0 Å². The van der Waals surface area contributed by atoms with Crippen molar-refractivity contribution in [3.05, 3.63) is 28.8 Å². The molecule has 5 nitrogen and oxygen atoms in total. The number of nitrogens with zero attached hydrogens (tertiary/aromatic N) is 1. The molecule has 0 bridgehead atoms. The molecule has 1 aromatic carbocycles. The number of hydrogen-bond donors (Lipinski definition) is 3. The Hall–Kier alpha value is -0.850. The smallest absolute Gasteiger partial charge is 0.125 e. The van der Waals surface area contributed by atoms with Crippen LogP contribution in [0.5, 0.6) is 5.75 Å². The number of hydrogen-bond acceptors (Lipinski definition) is 5. The van der Waals surface area contributed by atoms with Gasteiger partial charge in [-0.1, -0.05) is 13.8 Å². The summed E-state index contributed by atoms with van der Waals surface area (Å²) in [5.74, 6) is 1.65. The normalized spacial score (nSPS) is 27.5. The lowest BCUT2D eigenvalue weighted by atomic mass is 9.72. The van der Waals surface area contributed by atoms with Gasteiger partial charge in [0.1, 0.15) is 5.75 Å². The number of piperidine rings is 1. The molecular weight excluding hydrogens is 378 g/mol. The van der Waals surface area contributed by atoms with E-state index in [1.807, 2.05) is 12.1 Å². The molecule has 1 saturated heterocycles. The van der Waals surface area contributed by atoms with Crippen LogP contribution in [0.3, 0.4) is 0 Å². The first-order valence-electron chi connectivity index (χ1n) is 10.4. The van der Waals surface area contributed by atoms with Crippen molar-refractivity contribution in [1.29, 1.82) is 0 Å². The molecule has 158 valence electrons. The Bertz CT molecular complexity index is 668. The Morgan fingerprint density at radius 3 is 2.75 bits per heavy atom. The topological polar surface area (TPSA) is 73.2 Å². The number of fused-ring (bicyclic) bond motifs is 3. The van der Waals surface area contributed by atoms with Gasteiger partial charge in [-0.3, -0.25) is 4.90 Å². The standard InChI is InChI=1S/C22H34ClNO4/c1-15(2)8-18-12-24-5-4-16-10-21(28-7-3-6-25)17(13-26)9-19(16)20(24)11-22(18,27)14-23/h9-10,15,18,20,25-27H,3-8,11-14H2,1-2H3/t18-,20-,22?/m1/s1. The first-order chi connectivity index (χ1) is 13.4. The van der Waals surface area contributed by atoms with Gasteiger partial charge < -0.3 is 20.1 Å². The maximum Gasteiger partial charge on any atom is 0.125 e. The molecule has 3 atom stereocenters. The van der Waals surface area contributed by atoms with Crippen molar-refractivity contribution >= 4 is 11.6 Å². The van der Waals surface area contributed by atoms with Crippen LogP contribution < -0.4 is 4.74 Å². The predicted octanol–water partition coefficient (Wildman–Crippen LogP) is 2.88. The van der Waals surface area contributed by atoms with Gasteiger partial charge in [-0.15, -0.1) is 11.6 Å². The fourth-order valence-corrected chi connectivity index (χ4v) is 5.10. The van der Waals surface area contributed by atoms with Crippen LogP contribution in [0, 0.1) is 11.8 Å². The van der Waals surface area contributed by atoms with Crippen molar-refractivity contribution in [2.24, 2.45) is 11.8 Å². The minimum atomic E-state index is -0.864. The largest absolute Gasteiger partial charge is 0.493 e. The summed E-state index contributed by atoms with van der Waals surface area (Å²) in [6.07, 6.45) is 3.09. The molecule has 2 aliphatic rings. The van der Waals surface area contributed by atoms with Crippen molar-refractivity contribution in [2.45, 2.75) is 57.8 Å². The Labute approximate surface area is 173 Å². The molecule has 1 aromatic rings. The molecule has 3 rings (SSSR count). The van der Waals surface area contributed by atoms with Crippen LogP contribution in [-0.2, 0) is 13.0 Å². The lowest BCUT2D eigenvalue weighted by Crippen LogP contribution is -2.56. The number of alkyl halides is 1. The van der Waals surface area contributed by atoms with Crippen LogP contribution in [0.4, 0.5) is 0 Å². The summed E-state index contributed by atoms with van der Waals surface area (Å²) in [6.45, 7) is 6.62. The SMILES string of the molecule is CC(C)C[C@@H]1CN2CCc3cc(OCCCO)c(CO)cc3[C@H]2CC1(O)CCl. The van der Waals surface area contributed by atoms with Crippen molar-refractivity contribution < 1.29 is 20.1 Å².